The van der Waals surface area contributed by atoms with Gasteiger partial charge in [-0.25, -0.2) is 4.98 Å². The third-order valence-corrected chi connectivity index (χ3v) is 4.24. The van der Waals surface area contributed by atoms with Crippen molar-refractivity contribution in [2.45, 2.75) is 38.4 Å². The van der Waals surface area contributed by atoms with E-state index in [-0.39, 0.29) is 0 Å². The van der Waals surface area contributed by atoms with Crippen molar-refractivity contribution >= 4 is 27.3 Å². The molecule has 12 heavy (non-hydrogen) atoms. The molecule has 0 aromatic carbocycles. The van der Waals surface area contributed by atoms with E-state index in [1.165, 1.54) is 28.4 Å². The van der Waals surface area contributed by atoms with Crippen molar-refractivity contribution in [1.29, 1.82) is 0 Å². The highest BCUT2D eigenvalue weighted by Gasteiger charge is 2.11. The molecular formula is C9H14BrNS. The molecule has 0 N–H and O–H groups in total. The van der Waals surface area contributed by atoms with Crippen LogP contribution >= 0.6 is 27.3 Å². The second kappa shape index (κ2) is 4.38. The van der Waals surface area contributed by atoms with Crippen LogP contribution in [0, 0.1) is 13.8 Å². The van der Waals surface area contributed by atoms with Gasteiger partial charge in [-0.05, 0) is 20.3 Å². The topological polar surface area (TPSA) is 12.9 Å². The van der Waals surface area contributed by atoms with E-state index in [2.05, 4.69) is 41.7 Å². The maximum absolute atomic E-state index is 4.50. The summed E-state index contributed by atoms with van der Waals surface area (Å²) in [6.07, 6.45) is 2.37. The first-order chi connectivity index (χ1) is 5.65. The Morgan fingerprint density at radius 3 is 2.58 bits per heavy atom. The molecule has 0 fully saturated rings. The van der Waals surface area contributed by atoms with Gasteiger partial charge in [0.2, 0.25) is 0 Å². The minimum absolute atomic E-state index is 0.458. The minimum Gasteiger partial charge on any atom is -0.245 e. The van der Waals surface area contributed by atoms with Gasteiger partial charge in [-0.3, -0.25) is 0 Å². The Balaban J connectivity index is 2.74. The van der Waals surface area contributed by atoms with Gasteiger partial charge < -0.3 is 0 Å². The van der Waals surface area contributed by atoms with Crippen LogP contribution in [0.2, 0.25) is 0 Å². The van der Waals surface area contributed by atoms with Crippen molar-refractivity contribution < 1.29 is 0 Å². The smallest absolute Gasteiger partial charge is 0.107 e. The van der Waals surface area contributed by atoms with Crippen LogP contribution in [0.5, 0.6) is 0 Å². The molecule has 0 radical (unpaired) electrons. The van der Waals surface area contributed by atoms with Crippen LogP contribution < -0.4 is 0 Å². The molecule has 1 nitrogen and oxygen atoms in total. The summed E-state index contributed by atoms with van der Waals surface area (Å²) in [7, 11) is 0. The van der Waals surface area contributed by atoms with Gasteiger partial charge >= 0.3 is 0 Å². The Kier molecular flexibility index (Phi) is 3.72. The number of alkyl halides is 1. The summed E-state index contributed by atoms with van der Waals surface area (Å²) in [4.78, 5) is 6.30. The molecule has 1 rings (SSSR count). The molecule has 1 unspecified atom stereocenters. The van der Waals surface area contributed by atoms with Gasteiger partial charge in [-0.1, -0.05) is 29.3 Å². The Morgan fingerprint density at radius 1 is 1.50 bits per heavy atom. The van der Waals surface area contributed by atoms with Gasteiger partial charge in [0.1, 0.15) is 5.01 Å². The fourth-order valence-corrected chi connectivity index (χ4v) is 2.78. The standard InChI is InChI=1S/C9H14BrNS/c1-4-5-8(10)9-11-6(2)7(3)12-9/h8H,4-5H2,1-3H3. The highest BCUT2D eigenvalue weighted by molar-refractivity contribution is 9.09. The molecule has 0 spiro atoms. The van der Waals surface area contributed by atoms with Gasteiger partial charge in [0, 0.05) is 4.88 Å². The normalized spacial score (nSPS) is 13.3. The van der Waals surface area contributed by atoms with E-state index in [1.54, 1.807) is 11.3 Å². The van der Waals surface area contributed by atoms with E-state index in [1.807, 2.05) is 0 Å². The van der Waals surface area contributed by atoms with Gasteiger partial charge in [-0.15, -0.1) is 11.3 Å². The Hall–Kier alpha value is 0.110. The van der Waals surface area contributed by atoms with E-state index in [9.17, 15) is 0 Å². The number of hydrogen-bond donors (Lipinski definition) is 0. The summed E-state index contributed by atoms with van der Waals surface area (Å²) in [5, 5.41) is 1.23. The summed E-state index contributed by atoms with van der Waals surface area (Å²) < 4.78 is 0. The van der Waals surface area contributed by atoms with Crippen molar-refractivity contribution in [1.82, 2.24) is 4.98 Å². The predicted molar refractivity (Wildman–Crippen MR) is 58.2 cm³/mol. The Labute approximate surface area is 86.3 Å². The van der Waals surface area contributed by atoms with Crippen LogP contribution in [0.4, 0.5) is 0 Å². The summed E-state index contributed by atoms with van der Waals surface area (Å²) >= 11 is 5.45. The first-order valence-corrected chi connectivity index (χ1v) is 5.96. The monoisotopic (exact) mass is 247 g/mol. The summed E-state index contributed by atoms with van der Waals surface area (Å²) in [6.45, 7) is 6.39. The highest BCUT2D eigenvalue weighted by atomic mass is 79.9. The third-order valence-electron chi connectivity index (χ3n) is 1.86. The molecular weight excluding hydrogens is 234 g/mol. The lowest BCUT2D eigenvalue weighted by atomic mass is 10.2. The number of rotatable bonds is 3. The lowest BCUT2D eigenvalue weighted by Crippen LogP contribution is -1.87. The minimum atomic E-state index is 0.458. The molecule has 1 heterocycles. The number of hydrogen-bond acceptors (Lipinski definition) is 2. The average molecular weight is 248 g/mol. The van der Waals surface area contributed by atoms with Crippen molar-refractivity contribution in [2.24, 2.45) is 0 Å². The number of halogens is 1. The van der Waals surface area contributed by atoms with Crippen LogP contribution in [0.25, 0.3) is 0 Å². The van der Waals surface area contributed by atoms with Gasteiger partial charge in [0.15, 0.2) is 0 Å². The number of aromatic nitrogens is 1. The third kappa shape index (κ3) is 2.30. The molecule has 68 valence electrons. The summed E-state index contributed by atoms with van der Waals surface area (Å²) in [6, 6.07) is 0. The number of aryl methyl sites for hydroxylation is 2. The largest absolute Gasteiger partial charge is 0.245 e. The maximum Gasteiger partial charge on any atom is 0.107 e. The maximum atomic E-state index is 4.50. The Bertz CT molecular complexity index is 238. The molecule has 0 bridgehead atoms. The SMILES string of the molecule is CCCC(Br)c1nc(C)c(C)s1. The van der Waals surface area contributed by atoms with Crippen molar-refractivity contribution in [3.05, 3.63) is 15.6 Å². The molecule has 0 amide bonds. The van der Waals surface area contributed by atoms with E-state index in [0.717, 1.165) is 0 Å². The van der Waals surface area contributed by atoms with E-state index in [0.29, 0.717) is 4.83 Å². The lowest BCUT2D eigenvalue weighted by molar-refractivity contribution is 0.781. The molecule has 1 aromatic heterocycles. The zero-order chi connectivity index (χ0) is 9.14. The van der Waals surface area contributed by atoms with Gasteiger partial charge in [0.05, 0.1) is 10.5 Å². The first-order valence-electron chi connectivity index (χ1n) is 4.23. The molecule has 3 heteroatoms. The summed E-state index contributed by atoms with van der Waals surface area (Å²) in [5.74, 6) is 0. The van der Waals surface area contributed by atoms with Crippen molar-refractivity contribution in [2.75, 3.05) is 0 Å². The molecule has 0 aliphatic heterocycles. The average Bonchev–Trinajstić information content (AvgIpc) is 2.33. The van der Waals surface area contributed by atoms with Crippen LogP contribution in [0.1, 0.15) is 40.2 Å². The van der Waals surface area contributed by atoms with Crippen LogP contribution in [0.3, 0.4) is 0 Å². The fourth-order valence-electron chi connectivity index (χ4n) is 1.01. The number of nitrogens with zero attached hydrogens (tertiary/aromatic N) is 1. The second-order valence-electron chi connectivity index (χ2n) is 2.95. The van der Waals surface area contributed by atoms with E-state index in [4.69, 9.17) is 0 Å². The molecule has 1 aromatic rings. The van der Waals surface area contributed by atoms with Crippen molar-refractivity contribution in [3.63, 3.8) is 0 Å². The van der Waals surface area contributed by atoms with E-state index >= 15 is 0 Å². The quantitative estimate of drug-likeness (QED) is 0.737. The highest BCUT2D eigenvalue weighted by Crippen LogP contribution is 2.31. The van der Waals surface area contributed by atoms with Crippen LogP contribution in [-0.2, 0) is 0 Å². The lowest BCUT2D eigenvalue weighted by Gasteiger charge is -2.02. The molecule has 0 aliphatic rings. The second-order valence-corrected chi connectivity index (χ2v) is 5.29. The zero-order valence-electron chi connectivity index (χ0n) is 7.72. The van der Waals surface area contributed by atoms with Crippen LogP contribution in [-0.4, -0.2) is 4.98 Å². The van der Waals surface area contributed by atoms with Gasteiger partial charge in [0.25, 0.3) is 0 Å². The Morgan fingerprint density at radius 2 is 2.17 bits per heavy atom. The molecule has 1 atom stereocenters. The van der Waals surface area contributed by atoms with Gasteiger partial charge in [-0.2, -0.15) is 0 Å². The zero-order valence-corrected chi connectivity index (χ0v) is 10.1. The molecule has 0 saturated carbocycles. The summed E-state index contributed by atoms with van der Waals surface area (Å²) in [5.41, 5.74) is 1.18. The number of thiazole rings is 1. The fraction of sp³-hybridized carbons (Fsp3) is 0.667. The van der Waals surface area contributed by atoms with Crippen LogP contribution in [0.15, 0.2) is 0 Å². The predicted octanol–water partition coefficient (Wildman–Crippen LogP) is 4.00. The first kappa shape index (κ1) is 10.2. The molecule has 0 saturated heterocycles. The van der Waals surface area contributed by atoms with E-state index < -0.39 is 0 Å². The van der Waals surface area contributed by atoms with Crippen molar-refractivity contribution in [3.8, 4) is 0 Å². The molecule has 0 aliphatic carbocycles.